The standard InChI is InChI=1S/C69H132O6/c1-4-7-10-13-16-18-20-22-24-26-28-30-31-32-33-34-35-36-37-38-39-40-42-43-45-47-49-51-53-56-59-62-68(71)74-65-66(64-73-67(70)61-58-55-15-12-9-6-3)75-69(72)63-60-57-54-52-50-48-46-44-41-29-27-25-23-21-19-17-14-11-8-5-2/h26,28,66H,4-25,27,29-65H2,1-3H3/b28-26-. The summed E-state index contributed by atoms with van der Waals surface area (Å²) in [7, 11) is 0. The highest BCUT2D eigenvalue weighted by atomic mass is 16.6. The molecule has 0 amide bonds. The van der Waals surface area contributed by atoms with Crippen molar-refractivity contribution in [3.8, 4) is 0 Å². The molecule has 6 heteroatoms. The molecule has 0 saturated carbocycles. The van der Waals surface area contributed by atoms with Gasteiger partial charge in [-0.15, -0.1) is 0 Å². The number of carbonyl (C=O) groups is 3. The van der Waals surface area contributed by atoms with Crippen molar-refractivity contribution in [1.29, 1.82) is 0 Å². The minimum Gasteiger partial charge on any atom is -0.462 e. The van der Waals surface area contributed by atoms with Gasteiger partial charge in [-0.3, -0.25) is 14.4 Å². The summed E-state index contributed by atoms with van der Waals surface area (Å²) in [6.45, 7) is 6.66. The van der Waals surface area contributed by atoms with E-state index in [1.165, 1.54) is 295 Å². The SMILES string of the molecule is CCCCCCCCCC/C=C\CCCCCCCCCCCCCCCCCCCCCC(=O)OCC(COC(=O)CCCCCCCC)OC(=O)CCCCCCCCCCCCCCCCCCCCCC. The van der Waals surface area contributed by atoms with Gasteiger partial charge in [-0.05, 0) is 44.9 Å². The minimum atomic E-state index is -0.762. The van der Waals surface area contributed by atoms with E-state index in [0.717, 1.165) is 57.8 Å². The quantitative estimate of drug-likeness (QED) is 0.0261. The van der Waals surface area contributed by atoms with Crippen LogP contribution in [-0.2, 0) is 28.6 Å². The second-order valence-electron chi connectivity index (χ2n) is 23.5. The first-order chi connectivity index (χ1) is 37.0. The Morgan fingerprint density at radius 2 is 0.440 bits per heavy atom. The van der Waals surface area contributed by atoms with E-state index < -0.39 is 6.10 Å². The van der Waals surface area contributed by atoms with Crippen LogP contribution in [0.3, 0.4) is 0 Å². The molecule has 0 aliphatic rings. The van der Waals surface area contributed by atoms with Crippen LogP contribution in [0.2, 0.25) is 0 Å². The number of allylic oxidation sites excluding steroid dienone is 2. The molecule has 0 aliphatic heterocycles. The smallest absolute Gasteiger partial charge is 0.306 e. The van der Waals surface area contributed by atoms with Crippen molar-refractivity contribution in [2.24, 2.45) is 0 Å². The molecule has 0 aliphatic carbocycles. The third-order valence-electron chi connectivity index (χ3n) is 15.8. The summed E-state index contributed by atoms with van der Waals surface area (Å²) in [4.78, 5) is 38.0. The van der Waals surface area contributed by atoms with Gasteiger partial charge in [0.1, 0.15) is 13.2 Å². The molecule has 0 aromatic heterocycles. The maximum atomic E-state index is 12.8. The Kier molecular flexibility index (Phi) is 63.1. The van der Waals surface area contributed by atoms with E-state index in [0.29, 0.717) is 19.3 Å². The summed E-state index contributed by atoms with van der Waals surface area (Å²) in [5.74, 6) is -0.843. The van der Waals surface area contributed by atoms with Gasteiger partial charge in [-0.1, -0.05) is 341 Å². The topological polar surface area (TPSA) is 78.9 Å². The molecule has 0 bridgehead atoms. The van der Waals surface area contributed by atoms with E-state index in [9.17, 15) is 14.4 Å². The zero-order valence-corrected chi connectivity index (χ0v) is 51.1. The lowest BCUT2D eigenvalue weighted by Crippen LogP contribution is -2.30. The number of hydrogen-bond donors (Lipinski definition) is 0. The summed E-state index contributed by atoms with van der Waals surface area (Å²) >= 11 is 0. The highest BCUT2D eigenvalue weighted by Gasteiger charge is 2.19. The monoisotopic (exact) mass is 1060 g/mol. The van der Waals surface area contributed by atoms with Crippen molar-refractivity contribution in [3.05, 3.63) is 12.2 Å². The first-order valence-electron chi connectivity index (χ1n) is 34.2. The van der Waals surface area contributed by atoms with Crippen LogP contribution in [0.1, 0.15) is 393 Å². The molecule has 0 N–H and O–H groups in total. The largest absolute Gasteiger partial charge is 0.462 e. The van der Waals surface area contributed by atoms with Crippen LogP contribution in [0.25, 0.3) is 0 Å². The number of rotatable bonds is 64. The Morgan fingerprint density at radius 3 is 0.667 bits per heavy atom. The summed E-state index contributed by atoms with van der Waals surface area (Å²) < 4.78 is 16.8. The molecule has 0 heterocycles. The predicted molar refractivity (Wildman–Crippen MR) is 326 cm³/mol. The highest BCUT2D eigenvalue weighted by molar-refractivity contribution is 5.71. The number of unbranched alkanes of at least 4 members (excludes halogenated alkanes) is 51. The number of esters is 3. The third-order valence-corrected chi connectivity index (χ3v) is 15.8. The van der Waals surface area contributed by atoms with Crippen LogP contribution in [0.4, 0.5) is 0 Å². The summed E-state index contributed by atoms with van der Waals surface area (Å²) in [5.41, 5.74) is 0. The molecule has 1 atom stereocenters. The fourth-order valence-electron chi connectivity index (χ4n) is 10.6. The highest BCUT2D eigenvalue weighted by Crippen LogP contribution is 2.19. The molecule has 0 radical (unpaired) electrons. The third kappa shape index (κ3) is 62.9. The van der Waals surface area contributed by atoms with Gasteiger partial charge in [0.05, 0.1) is 0 Å². The van der Waals surface area contributed by atoms with Crippen molar-refractivity contribution < 1.29 is 28.6 Å². The van der Waals surface area contributed by atoms with Gasteiger partial charge in [0.25, 0.3) is 0 Å². The Bertz CT molecular complexity index is 1170. The van der Waals surface area contributed by atoms with Crippen LogP contribution in [0.15, 0.2) is 12.2 Å². The van der Waals surface area contributed by atoms with Gasteiger partial charge >= 0.3 is 17.9 Å². The number of hydrogen-bond acceptors (Lipinski definition) is 6. The van der Waals surface area contributed by atoms with Gasteiger partial charge in [-0.25, -0.2) is 0 Å². The summed E-state index contributed by atoms with van der Waals surface area (Å²) in [6.07, 6.45) is 77.1. The van der Waals surface area contributed by atoms with Crippen molar-refractivity contribution >= 4 is 17.9 Å². The molecule has 0 aromatic carbocycles. The maximum Gasteiger partial charge on any atom is 0.306 e. The molecule has 0 fully saturated rings. The molecular weight excluding hydrogens is 925 g/mol. The average molecular weight is 1060 g/mol. The number of ether oxygens (including phenoxy) is 3. The Labute approximate surface area is 469 Å². The molecule has 6 nitrogen and oxygen atoms in total. The van der Waals surface area contributed by atoms with Gasteiger partial charge in [-0.2, -0.15) is 0 Å². The normalized spacial score (nSPS) is 12.0. The second-order valence-corrected chi connectivity index (χ2v) is 23.5. The summed E-state index contributed by atoms with van der Waals surface area (Å²) in [6, 6.07) is 0. The lowest BCUT2D eigenvalue weighted by Gasteiger charge is -2.18. The van der Waals surface area contributed by atoms with Crippen LogP contribution in [0.5, 0.6) is 0 Å². The Balaban J connectivity index is 3.94. The molecule has 0 spiro atoms. The maximum absolute atomic E-state index is 12.8. The van der Waals surface area contributed by atoms with E-state index in [2.05, 4.69) is 32.9 Å². The summed E-state index contributed by atoms with van der Waals surface area (Å²) in [5, 5.41) is 0. The van der Waals surface area contributed by atoms with Crippen molar-refractivity contribution in [3.63, 3.8) is 0 Å². The number of carbonyl (C=O) groups excluding carboxylic acids is 3. The average Bonchev–Trinajstić information content (AvgIpc) is 3.41. The van der Waals surface area contributed by atoms with E-state index in [1.807, 2.05) is 0 Å². The van der Waals surface area contributed by atoms with Gasteiger partial charge in [0.2, 0.25) is 0 Å². The van der Waals surface area contributed by atoms with Crippen LogP contribution < -0.4 is 0 Å². The zero-order chi connectivity index (χ0) is 54.3. The van der Waals surface area contributed by atoms with E-state index in [-0.39, 0.29) is 31.1 Å². The van der Waals surface area contributed by atoms with Gasteiger partial charge in [0, 0.05) is 19.3 Å². The fraction of sp³-hybridized carbons (Fsp3) is 0.928. The van der Waals surface area contributed by atoms with Crippen LogP contribution in [0, 0.1) is 0 Å². The molecule has 0 rings (SSSR count). The Hall–Kier alpha value is -1.85. The minimum absolute atomic E-state index is 0.0633. The molecular formula is C69H132O6. The van der Waals surface area contributed by atoms with E-state index in [1.54, 1.807) is 0 Å². The predicted octanol–water partition coefficient (Wildman–Crippen LogP) is 23.2. The van der Waals surface area contributed by atoms with E-state index >= 15 is 0 Å². The van der Waals surface area contributed by atoms with Crippen molar-refractivity contribution in [2.75, 3.05) is 13.2 Å². The van der Waals surface area contributed by atoms with Crippen molar-refractivity contribution in [2.45, 2.75) is 399 Å². The molecule has 444 valence electrons. The lowest BCUT2D eigenvalue weighted by molar-refractivity contribution is -0.167. The first-order valence-corrected chi connectivity index (χ1v) is 34.2. The van der Waals surface area contributed by atoms with Crippen molar-refractivity contribution in [1.82, 2.24) is 0 Å². The molecule has 0 saturated heterocycles. The molecule has 0 aromatic rings. The molecule has 1 unspecified atom stereocenters. The van der Waals surface area contributed by atoms with E-state index in [4.69, 9.17) is 14.2 Å². The van der Waals surface area contributed by atoms with Crippen LogP contribution >= 0.6 is 0 Å². The fourth-order valence-corrected chi connectivity index (χ4v) is 10.6. The Morgan fingerprint density at radius 1 is 0.253 bits per heavy atom. The van der Waals surface area contributed by atoms with Crippen LogP contribution in [-0.4, -0.2) is 37.2 Å². The van der Waals surface area contributed by atoms with Gasteiger partial charge in [0.15, 0.2) is 6.10 Å². The first kappa shape index (κ1) is 73.2. The van der Waals surface area contributed by atoms with Gasteiger partial charge < -0.3 is 14.2 Å². The molecule has 75 heavy (non-hydrogen) atoms. The zero-order valence-electron chi connectivity index (χ0n) is 51.1. The lowest BCUT2D eigenvalue weighted by atomic mass is 10.0. The second kappa shape index (κ2) is 64.7.